The maximum Gasteiger partial charge on any atom is 0.202 e. The average Bonchev–Trinajstić information content (AvgIpc) is 3.19. The van der Waals surface area contributed by atoms with E-state index in [0.29, 0.717) is 34.1 Å². The molecule has 0 unspecified atom stereocenters. The molecule has 0 radical (unpaired) electrons. The van der Waals surface area contributed by atoms with Gasteiger partial charge < -0.3 is 10.6 Å². The monoisotopic (exact) mass is 478 g/mol. The molecular weight excluding hydrogens is 459 g/mol. The lowest BCUT2D eigenvalue weighted by Crippen LogP contribution is -2.17. The molecule has 3 aromatic rings. The highest BCUT2D eigenvalue weighted by Gasteiger charge is 2.17. The van der Waals surface area contributed by atoms with E-state index in [9.17, 15) is 4.39 Å². The summed E-state index contributed by atoms with van der Waals surface area (Å²) in [7, 11) is 1.89. The first-order valence-electron chi connectivity index (χ1n) is 8.88. The van der Waals surface area contributed by atoms with E-state index in [1.165, 1.54) is 6.07 Å². The molecule has 0 atom stereocenters. The maximum atomic E-state index is 13.6. The Bertz CT molecular complexity index is 953. The molecule has 0 aliphatic carbocycles. The first-order valence-corrected chi connectivity index (χ1v) is 10.7. The first-order chi connectivity index (χ1) is 14.2. The number of hydrogen-bond acceptors (Lipinski definition) is 7. The summed E-state index contributed by atoms with van der Waals surface area (Å²) in [5.74, 6) is 1.53. The van der Waals surface area contributed by atoms with Gasteiger partial charge >= 0.3 is 0 Å². The molecule has 3 rings (SSSR count). The number of halogens is 2. The molecule has 7 nitrogen and oxygen atoms in total. The molecule has 3 N–H and O–H groups in total. The second-order valence-corrected chi connectivity index (χ2v) is 7.80. The summed E-state index contributed by atoms with van der Waals surface area (Å²) in [6, 6.07) is 14.1. The van der Waals surface area contributed by atoms with Crippen LogP contribution in [0.2, 0.25) is 0 Å². The average molecular weight is 479 g/mol. The third kappa shape index (κ3) is 6.28. The van der Waals surface area contributed by atoms with Gasteiger partial charge in [0.1, 0.15) is 5.82 Å². The topological polar surface area (TPSA) is 87.4 Å². The number of amidine groups is 1. The molecule has 10 heteroatoms. The summed E-state index contributed by atoms with van der Waals surface area (Å²) < 4.78 is 21.9. The second kappa shape index (κ2) is 10.9. The number of aromatic nitrogens is 2. The van der Waals surface area contributed by atoms with Crippen molar-refractivity contribution in [3.8, 4) is 0 Å². The van der Waals surface area contributed by atoms with Crippen LogP contribution in [0.3, 0.4) is 0 Å². The fourth-order valence-electron chi connectivity index (χ4n) is 2.40. The number of nitrogens with one attached hydrogen (secondary N) is 3. The zero-order chi connectivity index (χ0) is 20.5. The number of benzene rings is 2. The van der Waals surface area contributed by atoms with E-state index in [0.717, 1.165) is 17.9 Å². The lowest BCUT2D eigenvalue weighted by atomic mass is 10.2. The van der Waals surface area contributed by atoms with Gasteiger partial charge in [0.05, 0.1) is 10.2 Å². The smallest absolute Gasteiger partial charge is 0.202 e. The van der Waals surface area contributed by atoms with E-state index in [-0.39, 0.29) is 5.82 Å². The van der Waals surface area contributed by atoms with Gasteiger partial charge in [-0.05, 0) is 70.0 Å². The lowest BCUT2D eigenvalue weighted by Gasteiger charge is -2.10. The van der Waals surface area contributed by atoms with Crippen LogP contribution in [0.1, 0.15) is 12.1 Å². The first kappa shape index (κ1) is 21.3. The summed E-state index contributed by atoms with van der Waals surface area (Å²) >= 11 is 4.84. The Balaban J connectivity index is 1.85. The molecule has 0 amide bonds. The Morgan fingerprint density at radius 2 is 2.03 bits per heavy atom. The Labute approximate surface area is 180 Å². The lowest BCUT2D eigenvalue weighted by molar-refractivity contribution is 0.308. The molecule has 1 heterocycles. The highest BCUT2D eigenvalue weighted by Crippen LogP contribution is 2.23. The Morgan fingerprint density at radius 3 is 2.79 bits per heavy atom. The fourth-order valence-corrected chi connectivity index (χ4v) is 3.27. The molecule has 29 heavy (non-hydrogen) atoms. The van der Waals surface area contributed by atoms with Gasteiger partial charge in [0.25, 0.3) is 0 Å². The van der Waals surface area contributed by atoms with E-state index in [1.807, 2.05) is 37.4 Å². The Morgan fingerprint density at radius 1 is 1.21 bits per heavy atom. The predicted molar refractivity (Wildman–Crippen MR) is 119 cm³/mol. The predicted octanol–water partition coefficient (Wildman–Crippen LogP) is 4.83. The molecule has 1 aromatic heterocycles. The number of rotatable bonds is 9. The molecule has 0 fully saturated rings. The van der Waals surface area contributed by atoms with Crippen LogP contribution in [0, 0.1) is 5.82 Å². The largest absolute Gasteiger partial charge is 0.365 e. The van der Waals surface area contributed by atoms with Crippen molar-refractivity contribution in [1.82, 2.24) is 15.0 Å². The van der Waals surface area contributed by atoms with Crippen molar-refractivity contribution in [1.29, 1.82) is 0 Å². The third-order valence-corrected chi connectivity index (χ3v) is 5.14. The molecule has 0 saturated carbocycles. The van der Waals surface area contributed by atoms with Crippen molar-refractivity contribution in [2.75, 3.05) is 30.0 Å². The number of anilines is 2. The number of hydrogen-bond donors (Lipinski definition) is 3. The van der Waals surface area contributed by atoms with E-state index < -0.39 is 0 Å². The quantitative estimate of drug-likeness (QED) is 0.175. The maximum absolute atomic E-state index is 13.6. The van der Waals surface area contributed by atoms with Crippen LogP contribution in [0.4, 0.5) is 21.6 Å². The molecular formula is C19H20BrFN6OS. The van der Waals surface area contributed by atoms with Crippen LogP contribution >= 0.6 is 27.9 Å². The molecule has 152 valence electrons. The number of aliphatic imine (C=N–C) groups is 1. The summed E-state index contributed by atoms with van der Waals surface area (Å²) in [4.78, 5) is 4.65. The van der Waals surface area contributed by atoms with Crippen molar-refractivity contribution in [2.24, 2.45) is 4.99 Å². The van der Waals surface area contributed by atoms with Gasteiger partial charge in [-0.2, -0.15) is 0 Å². The van der Waals surface area contributed by atoms with E-state index in [2.05, 4.69) is 46.6 Å². The van der Waals surface area contributed by atoms with Gasteiger partial charge in [-0.3, -0.25) is 4.72 Å². The zero-order valence-electron chi connectivity index (χ0n) is 15.7. The number of nitrogens with zero attached hydrogens (tertiary/aromatic N) is 3. The molecule has 2 aromatic carbocycles. The van der Waals surface area contributed by atoms with Crippen LogP contribution in [0.5, 0.6) is 0 Å². The van der Waals surface area contributed by atoms with Crippen molar-refractivity contribution in [3.05, 3.63) is 64.5 Å². The molecule has 0 saturated heterocycles. The highest BCUT2D eigenvalue weighted by molar-refractivity contribution is 9.10. The van der Waals surface area contributed by atoms with Gasteiger partial charge in [0, 0.05) is 18.0 Å². The molecule has 0 bridgehead atoms. The summed E-state index contributed by atoms with van der Waals surface area (Å²) in [5, 5.41) is 14.4. The SMILES string of the molecule is CNSCCCNc1nonc1C(=Nc1ccccc1)Nc1ccc(F)c(Br)c1. The normalized spacial score (nSPS) is 11.5. The molecule has 0 aliphatic heterocycles. The molecule has 0 spiro atoms. The van der Waals surface area contributed by atoms with Gasteiger partial charge in [-0.1, -0.05) is 30.1 Å². The fraction of sp³-hybridized carbons (Fsp3) is 0.211. The van der Waals surface area contributed by atoms with Crippen LogP contribution in [-0.4, -0.2) is 35.5 Å². The Hall–Kier alpha value is -2.43. The number of para-hydroxylation sites is 1. The van der Waals surface area contributed by atoms with Crippen LogP contribution in [0.15, 0.2) is 62.6 Å². The minimum absolute atomic E-state index is 0.345. The van der Waals surface area contributed by atoms with E-state index >= 15 is 0 Å². The molecule has 0 aliphatic rings. The zero-order valence-corrected chi connectivity index (χ0v) is 18.1. The highest BCUT2D eigenvalue weighted by atomic mass is 79.9. The van der Waals surface area contributed by atoms with E-state index in [4.69, 9.17) is 4.63 Å². The van der Waals surface area contributed by atoms with Crippen molar-refractivity contribution in [3.63, 3.8) is 0 Å². The van der Waals surface area contributed by atoms with Crippen LogP contribution in [0.25, 0.3) is 0 Å². The minimum Gasteiger partial charge on any atom is -0.365 e. The van der Waals surface area contributed by atoms with Gasteiger partial charge in [0.2, 0.25) is 5.82 Å². The van der Waals surface area contributed by atoms with Crippen molar-refractivity contribution in [2.45, 2.75) is 6.42 Å². The van der Waals surface area contributed by atoms with Gasteiger partial charge in [-0.25, -0.2) is 14.0 Å². The second-order valence-electron chi connectivity index (χ2n) is 5.84. The Kier molecular flexibility index (Phi) is 8.03. The van der Waals surface area contributed by atoms with Crippen molar-refractivity contribution >= 4 is 50.9 Å². The van der Waals surface area contributed by atoms with Gasteiger partial charge in [-0.15, -0.1) is 0 Å². The van der Waals surface area contributed by atoms with Gasteiger partial charge in [0.15, 0.2) is 11.5 Å². The van der Waals surface area contributed by atoms with Crippen LogP contribution in [-0.2, 0) is 0 Å². The summed E-state index contributed by atoms with van der Waals surface area (Å²) in [6.45, 7) is 0.705. The van der Waals surface area contributed by atoms with Crippen molar-refractivity contribution < 1.29 is 9.02 Å². The minimum atomic E-state index is -0.345. The summed E-state index contributed by atoms with van der Waals surface area (Å²) in [6.07, 6.45) is 0.932. The third-order valence-electron chi connectivity index (χ3n) is 3.75. The van der Waals surface area contributed by atoms with E-state index in [1.54, 1.807) is 24.1 Å². The standard InChI is InChI=1S/C19H20BrFN6OS/c1-22-29-11-5-10-23-18-17(26-28-27-18)19(24-13-6-3-2-4-7-13)25-14-8-9-16(21)15(20)12-14/h2-4,6-9,12,22H,5,10-11H2,1H3,(H,23,27)(H,24,25). The van der Waals surface area contributed by atoms with Crippen LogP contribution < -0.4 is 15.4 Å². The summed E-state index contributed by atoms with van der Waals surface area (Å²) in [5.41, 5.74) is 1.82.